The molecular weight excluding hydrogens is 320 g/mol. The molecule has 0 atom stereocenters. The Hall–Kier alpha value is -3.54. The maximum absolute atomic E-state index is 12.0. The number of nitrogens with zero attached hydrogens (tertiary/aromatic N) is 2. The fourth-order valence-electron chi connectivity index (χ4n) is 2.33. The molecule has 0 saturated heterocycles. The first-order valence-electron chi connectivity index (χ1n) is 7.54. The summed E-state index contributed by atoms with van der Waals surface area (Å²) in [5.74, 6) is -0.409. The number of hydrogen-bond donors (Lipinski definition) is 0. The van der Waals surface area contributed by atoms with Gasteiger partial charge >= 0.3 is 5.97 Å². The van der Waals surface area contributed by atoms with Crippen molar-refractivity contribution in [2.75, 3.05) is 0 Å². The number of benzene rings is 2. The molecule has 0 N–H and O–H groups in total. The number of nitro benzene ring substituents is 1. The van der Waals surface area contributed by atoms with Crippen molar-refractivity contribution < 1.29 is 14.5 Å². The summed E-state index contributed by atoms with van der Waals surface area (Å²) in [7, 11) is 0. The highest BCUT2D eigenvalue weighted by atomic mass is 16.6. The van der Waals surface area contributed by atoms with E-state index in [1.54, 1.807) is 6.08 Å². The van der Waals surface area contributed by atoms with Crippen molar-refractivity contribution in [1.29, 1.82) is 0 Å². The molecule has 6 heteroatoms. The Bertz CT molecular complexity index is 910. The summed E-state index contributed by atoms with van der Waals surface area (Å²) in [5, 5.41) is 10.7. The third-order valence-corrected chi connectivity index (χ3v) is 3.50. The third-order valence-electron chi connectivity index (χ3n) is 3.50. The van der Waals surface area contributed by atoms with E-state index in [9.17, 15) is 14.9 Å². The molecule has 25 heavy (non-hydrogen) atoms. The second kappa shape index (κ2) is 6.92. The van der Waals surface area contributed by atoms with Gasteiger partial charge in [0.05, 0.1) is 4.92 Å². The van der Waals surface area contributed by atoms with Crippen LogP contribution in [0.3, 0.4) is 0 Å². The summed E-state index contributed by atoms with van der Waals surface area (Å²) in [6.07, 6.45) is 3.58. The SMILES string of the molecule is CC(=Cc1ccccc1)/C=C1/N=C(c2ccc([N+](=O)[O-])cc2)OC1=O. The van der Waals surface area contributed by atoms with Crippen molar-refractivity contribution in [3.05, 3.63) is 93.2 Å². The van der Waals surface area contributed by atoms with E-state index in [0.717, 1.165) is 11.1 Å². The standard InChI is InChI=1S/C19H14N2O4/c1-13(11-14-5-3-2-4-6-14)12-17-19(22)25-18(20-17)15-7-9-16(10-8-15)21(23)24/h2-12H,1H3/b13-11?,17-12+. The van der Waals surface area contributed by atoms with E-state index < -0.39 is 10.9 Å². The smallest absolute Gasteiger partial charge is 0.363 e. The zero-order valence-electron chi connectivity index (χ0n) is 13.4. The van der Waals surface area contributed by atoms with Crippen molar-refractivity contribution in [1.82, 2.24) is 0 Å². The lowest BCUT2D eigenvalue weighted by Crippen LogP contribution is -2.05. The molecule has 0 spiro atoms. The van der Waals surface area contributed by atoms with Gasteiger partial charge in [-0.15, -0.1) is 0 Å². The highest BCUT2D eigenvalue weighted by Gasteiger charge is 2.24. The van der Waals surface area contributed by atoms with E-state index in [2.05, 4.69) is 4.99 Å². The number of nitro groups is 1. The largest absolute Gasteiger partial charge is 0.402 e. The number of rotatable bonds is 4. The number of non-ortho nitro benzene ring substituents is 1. The zero-order valence-corrected chi connectivity index (χ0v) is 13.4. The lowest BCUT2D eigenvalue weighted by atomic mass is 10.1. The molecule has 0 radical (unpaired) electrons. The molecule has 0 aromatic heterocycles. The van der Waals surface area contributed by atoms with Crippen molar-refractivity contribution in [3.8, 4) is 0 Å². The van der Waals surface area contributed by atoms with Crippen LogP contribution in [0.25, 0.3) is 6.08 Å². The van der Waals surface area contributed by atoms with Crippen LogP contribution >= 0.6 is 0 Å². The predicted octanol–water partition coefficient (Wildman–Crippen LogP) is 3.89. The summed E-state index contributed by atoms with van der Waals surface area (Å²) in [4.78, 5) is 26.4. The van der Waals surface area contributed by atoms with E-state index in [-0.39, 0.29) is 17.3 Å². The molecule has 6 nitrogen and oxygen atoms in total. The quantitative estimate of drug-likeness (QED) is 0.368. The summed E-state index contributed by atoms with van der Waals surface area (Å²) in [6, 6.07) is 15.4. The number of carbonyl (C=O) groups is 1. The summed E-state index contributed by atoms with van der Waals surface area (Å²) in [5.41, 5.74) is 2.53. The summed E-state index contributed by atoms with van der Waals surface area (Å²) >= 11 is 0. The van der Waals surface area contributed by atoms with Gasteiger partial charge in [0, 0.05) is 17.7 Å². The van der Waals surface area contributed by atoms with Gasteiger partial charge in [-0.2, -0.15) is 0 Å². The van der Waals surface area contributed by atoms with Gasteiger partial charge in [-0.3, -0.25) is 10.1 Å². The van der Waals surface area contributed by atoms with E-state index in [1.807, 2.05) is 43.3 Å². The molecule has 0 bridgehead atoms. The van der Waals surface area contributed by atoms with Gasteiger partial charge in [0.25, 0.3) is 5.69 Å². The summed E-state index contributed by atoms with van der Waals surface area (Å²) in [6.45, 7) is 1.87. The van der Waals surface area contributed by atoms with Crippen LogP contribution in [-0.2, 0) is 9.53 Å². The predicted molar refractivity (Wildman–Crippen MR) is 93.9 cm³/mol. The Morgan fingerprint density at radius 2 is 1.80 bits per heavy atom. The second-order valence-electron chi connectivity index (χ2n) is 5.44. The molecule has 1 aliphatic rings. The Labute approximate surface area is 143 Å². The van der Waals surface area contributed by atoms with Crippen LogP contribution in [0.1, 0.15) is 18.1 Å². The first-order chi connectivity index (χ1) is 12.0. The molecule has 0 amide bonds. The first kappa shape index (κ1) is 16.3. The van der Waals surface area contributed by atoms with Crippen LogP contribution in [0.2, 0.25) is 0 Å². The number of hydrogen-bond acceptors (Lipinski definition) is 5. The van der Waals surface area contributed by atoms with Crippen LogP contribution < -0.4 is 0 Å². The lowest BCUT2D eigenvalue weighted by Gasteiger charge is -1.98. The zero-order chi connectivity index (χ0) is 17.8. The second-order valence-corrected chi connectivity index (χ2v) is 5.44. The minimum atomic E-state index is -0.547. The lowest BCUT2D eigenvalue weighted by molar-refractivity contribution is -0.384. The van der Waals surface area contributed by atoms with Gasteiger partial charge < -0.3 is 4.74 Å². The Balaban J connectivity index is 1.84. The number of allylic oxidation sites excluding steroid dienone is 2. The van der Waals surface area contributed by atoms with Crippen LogP contribution in [0.4, 0.5) is 5.69 Å². The Kier molecular flexibility index (Phi) is 4.52. The van der Waals surface area contributed by atoms with E-state index in [1.165, 1.54) is 24.3 Å². The van der Waals surface area contributed by atoms with Gasteiger partial charge in [-0.05, 0) is 36.3 Å². The number of carbonyl (C=O) groups excluding carboxylic acids is 1. The van der Waals surface area contributed by atoms with E-state index in [0.29, 0.717) is 5.56 Å². The highest BCUT2D eigenvalue weighted by molar-refractivity contribution is 6.11. The van der Waals surface area contributed by atoms with Crippen LogP contribution in [0, 0.1) is 10.1 Å². The number of cyclic esters (lactones) is 1. The average Bonchev–Trinajstić information content (AvgIpc) is 2.96. The molecular formula is C19H14N2O4. The van der Waals surface area contributed by atoms with Crippen molar-refractivity contribution >= 4 is 23.6 Å². The molecule has 0 aliphatic carbocycles. The number of ether oxygens (including phenoxy) is 1. The maximum atomic E-state index is 12.0. The Morgan fingerprint density at radius 1 is 1.12 bits per heavy atom. The normalized spacial score (nSPS) is 15.9. The first-order valence-corrected chi connectivity index (χ1v) is 7.54. The van der Waals surface area contributed by atoms with E-state index in [4.69, 9.17) is 4.74 Å². The van der Waals surface area contributed by atoms with Crippen LogP contribution in [-0.4, -0.2) is 16.8 Å². The minimum absolute atomic E-state index is 0.0360. The van der Waals surface area contributed by atoms with Crippen LogP contribution in [0.15, 0.2) is 76.9 Å². The molecule has 2 aromatic carbocycles. The molecule has 1 aliphatic heterocycles. The number of aliphatic imine (C=N–C) groups is 1. The van der Waals surface area contributed by atoms with Gasteiger partial charge in [0.15, 0.2) is 5.70 Å². The van der Waals surface area contributed by atoms with Crippen molar-refractivity contribution in [2.24, 2.45) is 4.99 Å². The van der Waals surface area contributed by atoms with Gasteiger partial charge in [-0.25, -0.2) is 9.79 Å². The van der Waals surface area contributed by atoms with E-state index >= 15 is 0 Å². The average molecular weight is 334 g/mol. The van der Waals surface area contributed by atoms with Gasteiger partial charge in [0.1, 0.15) is 0 Å². The van der Waals surface area contributed by atoms with Gasteiger partial charge in [0.2, 0.25) is 5.90 Å². The molecule has 0 saturated carbocycles. The number of esters is 1. The molecule has 0 fully saturated rings. The highest BCUT2D eigenvalue weighted by Crippen LogP contribution is 2.20. The minimum Gasteiger partial charge on any atom is -0.402 e. The molecule has 124 valence electrons. The fourth-order valence-corrected chi connectivity index (χ4v) is 2.33. The molecule has 0 unspecified atom stereocenters. The van der Waals surface area contributed by atoms with Crippen LogP contribution in [0.5, 0.6) is 0 Å². The molecule has 1 heterocycles. The Morgan fingerprint density at radius 3 is 2.44 bits per heavy atom. The third kappa shape index (κ3) is 3.87. The van der Waals surface area contributed by atoms with Gasteiger partial charge in [-0.1, -0.05) is 36.4 Å². The fraction of sp³-hybridized carbons (Fsp3) is 0.0526. The maximum Gasteiger partial charge on any atom is 0.363 e. The van der Waals surface area contributed by atoms with Crippen molar-refractivity contribution in [3.63, 3.8) is 0 Å². The van der Waals surface area contributed by atoms with Crippen molar-refractivity contribution in [2.45, 2.75) is 6.92 Å². The summed E-state index contributed by atoms with van der Waals surface area (Å²) < 4.78 is 5.16. The topological polar surface area (TPSA) is 81.8 Å². The molecule has 3 rings (SSSR count). The monoisotopic (exact) mass is 334 g/mol. The molecule has 2 aromatic rings.